The Balaban J connectivity index is 0.000000305. The third-order valence-electron chi connectivity index (χ3n) is 4.03. The van der Waals surface area contributed by atoms with E-state index < -0.39 is 0 Å². The van der Waals surface area contributed by atoms with Gasteiger partial charge in [0.05, 0.1) is 5.04 Å². The van der Waals surface area contributed by atoms with E-state index in [0.29, 0.717) is 23.4 Å². The van der Waals surface area contributed by atoms with Gasteiger partial charge in [-0.3, -0.25) is 10.5 Å². The highest BCUT2D eigenvalue weighted by atomic mass is 32.2. The summed E-state index contributed by atoms with van der Waals surface area (Å²) in [5.41, 5.74) is 8.48. The number of pyridine rings is 2. The van der Waals surface area contributed by atoms with Gasteiger partial charge in [-0.2, -0.15) is 5.10 Å². The van der Waals surface area contributed by atoms with Crippen molar-refractivity contribution < 1.29 is 4.79 Å². The summed E-state index contributed by atoms with van der Waals surface area (Å²) in [4.78, 5) is 22.0. The van der Waals surface area contributed by atoms with Crippen LogP contribution in [0.4, 0.5) is 11.6 Å². The van der Waals surface area contributed by atoms with Gasteiger partial charge in [0.15, 0.2) is 5.82 Å². The number of H-pyrrole nitrogens is 1. The first-order chi connectivity index (χ1) is 16.6. The number of anilines is 2. The molecule has 10 nitrogen and oxygen atoms in total. The van der Waals surface area contributed by atoms with Gasteiger partial charge in [-0.25, -0.2) is 15.0 Å². The van der Waals surface area contributed by atoms with Crippen LogP contribution in [-0.4, -0.2) is 61.4 Å². The minimum Gasteiger partial charge on any atom is -0.368 e. The fourth-order valence-corrected chi connectivity index (χ4v) is 3.16. The molecule has 0 unspecified atom stereocenters. The van der Waals surface area contributed by atoms with Gasteiger partial charge in [0, 0.05) is 41.1 Å². The third-order valence-corrected chi connectivity index (χ3v) is 4.67. The van der Waals surface area contributed by atoms with Crippen molar-refractivity contribution in [3.8, 4) is 11.4 Å². The molecule has 190 valence electrons. The van der Waals surface area contributed by atoms with Gasteiger partial charge in [-0.1, -0.05) is 0 Å². The van der Waals surface area contributed by atoms with Gasteiger partial charge in [0.1, 0.15) is 24.2 Å². The number of hydrogen-bond donors (Lipinski definition) is 5. The Hall–Kier alpha value is -3.31. The van der Waals surface area contributed by atoms with Crippen LogP contribution in [0.5, 0.6) is 0 Å². The van der Waals surface area contributed by atoms with Crippen molar-refractivity contribution in [2.45, 2.75) is 53.6 Å². The molecule has 3 aromatic heterocycles. The summed E-state index contributed by atoms with van der Waals surface area (Å²) in [6.45, 7) is 12.4. The molecule has 0 atom stereocenters. The maximum atomic E-state index is 9.05. The lowest BCUT2D eigenvalue weighted by atomic mass is 10.2. The fraction of sp³-hybridized carbons (Fsp3) is 0.417. The molecule has 0 aromatic carbocycles. The highest BCUT2D eigenvalue weighted by Gasteiger charge is 2.06. The summed E-state index contributed by atoms with van der Waals surface area (Å²) in [6.07, 6.45) is 4.06. The van der Waals surface area contributed by atoms with E-state index in [0.717, 1.165) is 40.0 Å². The van der Waals surface area contributed by atoms with E-state index >= 15 is 0 Å². The van der Waals surface area contributed by atoms with E-state index in [1.54, 1.807) is 0 Å². The van der Waals surface area contributed by atoms with Crippen molar-refractivity contribution >= 4 is 34.7 Å². The number of nitrogens with zero attached hydrogens (tertiary/aromatic N) is 4. The molecule has 6 N–H and O–H groups in total. The SMILES string of the molecule is CSC(=N)c1cc(C)nc(NC(C)C)c1.Cc1cc(-c2ncn[nH]2)cc(NC(C)C)n1.NCC=O. The van der Waals surface area contributed by atoms with Crippen LogP contribution in [0.25, 0.3) is 11.4 Å². The van der Waals surface area contributed by atoms with Crippen molar-refractivity contribution in [2.24, 2.45) is 5.73 Å². The second kappa shape index (κ2) is 15.6. The normalized spacial score (nSPS) is 10.1. The smallest absolute Gasteiger partial charge is 0.155 e. The quantitative estimate of drug-likeness (QED) is 0.184. The molecular weight excluding hydrogens is 462 g/mol. The number of nitrogens with two attached hydrogens (primary N) is 1. The van der Waals surface area contributed by atoms with Gasteiger partial charge in [0.2, 0.25) is 0 Å². The van der Waals surface area contributed by atoms with Crippen LogP contribution in [0.15, 0.2) is 30.6 Å². The number of carbonyl (C=O) groups is 1. The molecule has 0 aliphatic rings. The lowest BCUT2D eigenvalue weighted by molar-refractivity contribution is -0.106. The van der Waals surface area contributed by atoms with E-state index in [1.807, 2.05) is 44.4 Å². The Labute approximate surface area is 211 Å². The number of rotatable bonds is 7. The number of aldehydes is 1. The Morgan fingerprint density at radius 3 is 2.06 bits per heavy atom. The second-order valence-electron chi connectivity index (χ2n) is 8.13. The molecule has 3 rings (SSSR count). The van der Waals surface area contributed by atoms with Gasteiger partial charge in [-0.15, -0.1) is 11.8 Å². The van der Waals surface area contributed by atoms with Crippen LogP contribution >= 0.6 is 11.8 Å². The van der Waals surface area contributed by atoms with Crippen LogP contribution in [0.2, 0.25) is 0 Å². The van der Waals surface area contributed by atoms with Crippen molar-refractivity contribution in [1.82, 2.24) is 25.1 Å². The summed E-state index contributed by atoms with van der Waals surface area (Å²) in [5, 5.41) is 21.5. The Bertz CT molecular complexity index is 1050. The first-order valence-corrected chi connectivity index (χ1v) is 12.4. The minimum atomic E-state index is 0.139. The highest BCUT2D eigenvalue weighted by molar-refractivity contribution is 8.13. The zero-order chi connectivity index (χ0) is 26.4. The number of nitrogens with one attached hydrogen (secondary N) is 4. The molecule has 0 aliphatic carbocycles. The molecule has 0 saturated heterocycles. The first-order valence-electron chi connectivity index (χ1n) is 11.2. The van der Waals surface area contributed by atoms with Crippen LogP contribution < -0.4 is 16.4 Å². The maximum absolute atomic E-state index is 9.05. The Morgan fingerprint density at radius 1 is 1.06 bits per heavy atom. The standard InChI is InChI=1S/C11H15N5.C11H17N3S.C2H5NO/c1-7(2)14-10-5-9(4-8(3)15-10)11-12-6-13-16-11;1-7(2)13-10-6-9(11(12)15-4)5-8(3)14-10;3-1-2-4/h4-7H,1-3H3,(H,14,15)(H,12,13,16);5-7,12H,1-4H3,(H,13,14);2H,1,3H2. The number of aromatic nitrogens is 5. The third kappa shape index (κ3) is 11.6. The number of aromatic amines is 1. The van der Waals surface area contributed by atoms with Crippen molar-refractivity contribution in [2.75, 3.05) is 23.4 Å². The highest BCUT2D eigenvalue weighted by Crippen LogP contribution is 2.19. The largest absolute Gasteiger partial charge is 0.368 e. The second-order valence-corrected chi connectivity index (χ2v) is 8.95. The summed E-state index contributed by atoms with van der Waals surface area (Å²) in [7, 11) is 0. The molecule has 0 fully saturated rings. The van der Waals surface area contributed by atoms with Crippen LogP contribution in [0.3, 0.4) is 0 Å². The maximum Gasteiger partial charge on any atom is 0.155 e. The van der Waals surface area contributed by atoms with Gasteiger partial charge >= 0.3 is 0 Å². The number of hydrogen-bond acceptors (Lipinski definition) is 10. The van der Waals surface area contributed by atoms with Crippen molar-refractivity contribution in [1.29, 1.82) is 5.41 Å². The zero-order valence-corrected chi connectivity index (χ0v) is 22.3. The van der Waals surface area contributed by atoms with Crippen LogP contribution in [0.1, 0.15) is 44.6 Å². The molecule has 3 heterocycles. The van der Waals surface area contributed by atoms with E-state index in [4.69, 9.17) is 10.2 Å². The average Bonchev–Trinajstić information content (AvgIpc) is 3.32. The Morgan fingerprint density at radius 2 is 1.60 bits per heavy atom. The lowest BCUT2D eigenvalue weighted by Crippen LogP contribution is -2.12. The minimum absolute atomic E-state index is 0.139. The molecule has 0 bridgehead atoms. The average molecular weight is 500 g/mol. The number of thioether (sulfide) groups is 1. The van der Waals surface area contributed by atoms with Gasteiger partial charge in [-0.05, 0) is 72.1 Å². The van der Waals surface area contributed by atoms with Crippen molar-refractivity contribution in [3.63, 3.8) is 0 Å². The van der Waals surface area contributed by atoms with Crippen LogP contribution in [-0.2, 0) is 4.79 Å². The molecule has 11 heteroatoms. The van der Waals surface area contributed by atoms with Crippen LogP contribution in [0, 0.1) is 19.3 Å². The molecule has 0 radical (unpaired) electrons. The van der Waals surface area contributed by atoms with E-state index in [2.05, 4.69) is 69.2 Å². The Kier molecular flexibility index (Phi) is 13.2. The lowest BCUT2D eigenvalue weighted by Gasteiger charge is -2.11. The van der Waals surface area contributed by atoms with E-state index in [9.17, 15) is 0 Å². The molecular formula is C24H37N9OS. The summed E-state index contributed by atoms with van der Waals surface area (Å²) in [5.74, 6) is 2.47. The predicted molar refractivity (Wildman–Crippen MR) is 146 cm³/mol. The predicted octanol–water partition coefficient (Wildman–Crippen LogP) is 4.04. The number of aryl methyl sites for hydroxylation is 2. The van der Waals surface area contributed by atoms with Gasteiger partial charge < -0.3 is 21.2 Å². The number of carbonyl (C=O) groups excluding carboxylic acids is 1. The zero-order valence-electron chi connectivity index (χ0n) is 21.5. The summed E-state index contributed by atoms with van der Waals surface area (Å²) in [6, 6.07) is 8.52. The molecule has 0 aliphatic heterocycles. The van der Waals surface area contributed by atoms with E-state index in [-0.39, 0.29) is 6.54 Å². The van der Waals surface area contributed by atoms with Gasteiger partial charge in [0.25, 0.3) is 0 Å². The molecule has 0 amide bonds. The summed E-state index contributed by atoms with van der Waals surface area (Å²) >= 11 is 1.44. The molecule has 35 heavy (non-hydrogen) atoms. The molecule has 0 saturated carbocycles. The summed E-state index contributed by atoms with van der Waals surface area (Å²) < 4.78 is 0. The topological polar surface area (TPSA) is 158 Å². The fourth-order valence-electron chi connectivity index (χ4n) is 2.81. The molecule has 3 aromatic rings. The van der Waals surface area contributed by atoms with Crippen molar-refractivity contribution in [3.05, 3.63) is 47.5 Å². The first kappa shape index (κ1) is 29.7. The molecule has 0 spiro atoms. The van der Waals surface area contributed by atoms with E-state index in [1.165, 1.54) is 18.1 Å². The monoisotopic (exact) mass is 499 g/mol.